The summed E-state index contributed by atoms with van der Waals surface area (Å²) in [5, 5.41) is 0. The van der Waals surface area contributed by atoms with Crippen molar-refractivity contribution in [3.63, 3.8) is 0 Å². The lowest BCUT2D eigenvalue weighted by Gasteiger charge is -2.30. The van der Waals surface area contributed by atoms with Crippen molar-refractivity contribution in [3.05, 3.63) is 18.3 Å². The van der Waals surface area contributed by atoms with Gasteiger partial charge in [0.25, 0.3) is 5.88 Å². The lowest BCUT2D eigenvalue weighted by atomic mass is 9.86. The van der Waals surface area contributed by atoms with E-state index in [-0.39, 0.29) is 6.10 Å². The first kappa shape index (κ1) is 13.1. The molecule has 1 aliphatic rings. The topological polar surface area (TPSA) is 57.4 Å². The van der Waals surface area contributed by atoms with Crippen LogP contribution < -0.4 is 15.2 Å². The van der Waals surface area contributed by atoms with E-state index < -0.39 is 0 Å². The summed E-state index contributed by atoms with van der Waals surface area (Å²) in [6, 6.07) is 3.76. The normalized spacial score (nSPS) is 23.7. The molecule has 2 rings (SSSR count). The summed E-state index contributed by atoms with van der Waals surface area (Å²) in [6.07, 6.45) is 6.58. The number of hydrogen-bond donors (Lipinski definition) is 1. The predicted molar refractivity (Wildman–Crippen MR) is 70.8 cm³/mol. The Hall–Kier alpha value is -1.29. The van der Waals surface area contributed by atoms with Gasteiger partial charge in [-0.25, -0.2) is 4.98 Å². The Morgan fingerprint density at radius 1 is 1.39 bits per heavy atom. The van der Waals surface area contributed by atoms with Gasteiger partial charge in [-0.1, -0.05) is 6.42 Å². The molecular weight excluding hydrogens is 228 g/mol. The molecule has 2 atom stereocenters. The molecule has 1 aliphatic carbocycles. The second-order valence-corrected chi connectivity index (χ2v) is 4.68. The van der Waals surface area contributed by atoms with Gasteiger partial charge in [0.05, 0.1) is 6.61 Å². The Morgan fingerprint density at radius 2 is 2.22 bits per heavy atom. The van der Waals surface area contributed by atoms with Gasteiger partial charge in [0.2, 0.25) is 0 Å². The van der Waals surface area contributed by atoms with E-state index in [4.69, 9.17) is 15.2 Å². The highest BCUT2D eigenvalue weighted by molar-refractivity contribution is 5.32. The largest absolute Gasteiger partial charge is 0.488 e. The van der Waals surface area contributed by atoms with Crippen LogP contribution in [0.2, 0.25) is 0 Å². The molecule has 0 aliphatic heterocycles. The number of aromatic nitrogens is 1. The highest BCUT2D eigenvalue weighted by atomic mass is 16.5. The van der Waals surface area contributed by atoms with Gasteiger partial charge in [0, 0.05) is 12.1 Å². The Balaban J connectivity index is 2.07. The second-order valence-electron chi connectivity index (χ2n) is 4.68. The molecule has 2 unspecified atom stereocenters. The van der Waals surface area contributed by atoms with E-state index >= 15 is 0 Å². The van der Waals surface area contributed by atoms with E-state index in [2.05, 4.69) is 4.98 Å². The zero-order chi connectivity index (χ0) is 12.8. The maximum Gasteiger partial charge on any atom is 0.257 e. The summed E-state index contributed by atoms with van der Waals surface area (Å²) < 4.78 is 11.6. The quantitative estimate of drug-likeness (QED) is 0.871. The van der Waals surface area contributed by atoms with E-state index in [1.165, 1.54) is 12.8 Å². The minimum Gasteiger partial charge on any atom is -0.488 e. The molecule has 0 saturated heterocycles. The Morgan fingerprint density at radius 3 is 3.00 bits per heavy atom. The molecule has 0 amide bonds. The minimum absolute atomic E-state index is 0.179. The van der Waals surface area contributed by atoms with E-state index in [0.717, 1.165) is 18.6 Å². The van der Waals surface area contributed by atoms with Crippen molar-refractivity contribution in [2.24, 2.45) is 11.7 Å². The molecule has 100 valence electrons. The molecule has 0 radical (unpaired) electrons. The maximum absolute atomic E-state index is 6.03. The fourth-order valence-electron chi connectivity index (χ4n) is 2.47. The molecular formula is C14H22N2O2. The number of hydrogen-bond acceptors (Lipinski definition) is 4. The Kier molecular flexibility index (Phi) is 4.81. The summed E-state index contributed by atoms with van der Waals surface area (Å²) in [4.78, 5) is 4.27. The van der Waals surface area contributed by atoms with Gasteiger partial charge in [-0.3, -0.25) is 0 Å². The molecule has 1 aromatic rings. The van der Waals surface area contributed by atoms with Crippen LogP contribution in [0.25, 0.3) is 0 Å². The van der Waals surface area contributed by atoms with Gasteiger partial charge in [-0.05, 0) is 44.9 Å². The smallest absolute Gasteiger partial charge is 0.257 e. The highest BCUT2D eigenvalue weighted by Gasteiger charge is 2.26. The van der Waals surface area contributed by atoms with E-state index in [1.807, 2.05) is 19.1 Å². The zero-order valence-corrected chi connectivity index (χ0v) is 11.0. The zero-order valence-electron chi connectivity index (χ0n) is 11.0. The molecule has 4 heteroatoms. The van der Waals surface area contributed by atoms with E-state index in [0.29, 0.717) is 24.9 Å². The fraction of sp³-hybridized carbons (Fsp3) is 0.643. The molecule has 1 aromatic heterocycles. The summed E-state index contributed by atoms with van der Waals surface area (Å²) >= 11 is 0. The third-order valence-electron chi connectivity index (χ3n) is 3.44. The first-order valence-electron chi connectivity index (χ1n) is 6.79. The van der Waals surface area contributed by atoms with Crippen molar-refractivity contribution in [3.8, 4) is 11.6 Å². The predicted octanol–water partition coefficient (Wildman–Crippen LogP) is 2.38. The summed E-state index contributed by atoms with van der Waals surface area (Å²) in [6.45, 7) is 3.26. The Bertz CT molecular complexity index is 371. The fourth-order valence-corrected chi connectivity index (χ4v) is 2.47. The summed E-state index contributed by atoms with van der Waals surface area (Å²) in [7, 11) is 0. The monoisotopic (exact) mass is 250 g/mol. The van der Waals surface area contributed by atoms with Gasteiger partial charge in [0.1, 0.15) is 6.10 Å². The molecule has 1 fully saturated rings. The second kappa shape index (κ2) is 6.59. The molecule has 1 heterocycles. The number of rotatable bonds is 5. The first-order valence-corrected chi connectivity index (χ1v) is 6.79. The minimum atomic E-state index is 0.179. The average molecular weight is 250 g/mol. The van der Waals surface area contributed by atoms with Gasteiger partial charge in [0.15, 0.2) is 5.75 Å². The van der Waals surface area contributed by atoms with Crippen LogP contribution in [0.3, 0.4) is 0 Å². The number of nitrogens with zero attached hydrogens (tertiary/aromatic N) is 1. The van der Waals surface area contributed by atoms with Crippen molar-refractivity contribution < 1.29 is 9.47 Å². The molecule has 18 heavy (non-hydrogen) atoms. The number of ether oxygens (including phenoxy) is 2. The van der Waals surface area contributed by atoms with Crippen molar-refractivity contribution in [2.75, 3.05) is 13.2 Å². The first-order chi connectivity index (χ1) is 8.85. The van der Waals surface area contributed by atoms with Crippen molar-refractivity contribution in [1.82, 2.24) is 4.98 Å². The van der Waals surface area contributed by atoms with Gasteiger partial charge >= 0.3 is 0 Å². The van der Waals surface area contributed by atoms with Crippen molar-refractivity contribution >= 4 is 0 Å². The lowest BCUT2D eigenvalue weighted by Crippen LogP contribution is -2.35. The van der Waals surface area contributed by atoms with Crippen LogP contribution in [0.1, 0.15) is 32.6 Å². The molecule has 0 aromatic carbocycles. The molecule has 2 N–H and O–H groups in total. The molecule has 0 spiro atoms. The van der Waals surface area contributed by atoms with Crippen LogP contribution in [-0.2, 0) is 0 Å². The van der Waals surface area contributed by atoms with Crippen LogP contribution >= 0.6 is 0 Å². The van der Waals surface area contributed by atoms with Crippen molar-refractivity contribution in [2.45, 2.75) is 38.7 Å². The maximum atomic E-state index is 6.03. The van der Waals surface area contributed by atoms with Gasteiger partial charge in [-0.15, -0.1) is 0 Å². The van der Waals surface area contributed by atoms with E-state index in [9.17, 15) is 0 Å². The van der Waals surface area contributed by atoms with Crippen LogP contribution in [0.4, 0.5) is 0 Å². The van der Waals surface area contributed by atoms with Gasteiger partial charge in [-0.2, -0.15) is 0 Å². The van der Waals surface area contributed by atoms with Crippen LogP contribution in [-0.4, -0.2) is 24.2 Å². The van der Waals surface area contributed by atoms with Crippen LogP contribution in [0, 0.1) is 5.92 Å². The lowest BCUT2D eigenvalue weighted by molar-refractivity contribution is 0.0879. The van der Waals surface area contributed by atoms with Crippen LogP contribution in [0.15, 0.2) is 18.3 Å². The third kappa shape index (κ3) is 3.13. The number of pyridine rings is 1. The molecule has 4 nitrogen and oxygen atoms in total. The van der Waals surface area contributed by atoms with Crippen molar-refractivity contribution in [1.29, 1.82) is 0 Å². The van der Waals surface area contributed by atoms with Crippen LogP contribution in [0.5, 0.6) is 11.6 Å². The average Bonchev–Trinajstić information content (AvgIpc) is 2.42. The Labute approximate surface area is 108 Å². The molecule has 0 bridgehead atoms. The van der Waals surface area contributed by atoms with Gasteiger partial charge < -0.3 is 15.2 Å². The third-order valence-corrected chi connectivity index (χ3v) is 3.44. The van der Waals surface area contributed by atoms with E-state index in [1.54, 1.807) is 6.20 Å². The summed E-state index contributed by atoms with van der Waals surface area (Å²) in [5.74, 6) is 1.77. The highest BCUT2D eigenvalue weighted by Crippen LogP contribution is 2.31. The standard InChI is InChI=1S/C14H22N2O2/c1-2-17-13-8-5-9-16-14(13)18-12-7-4-3-6-11(12)10-15/h5,8-9,11-12H,2-4,6-7,10,15H2,1H3. The molecule has 1 saturated carbocycles. The summed E-state index contributed by atoms with van der Waals surface area (Å²) in [5.41, 5.74) is 5.81. The number of nitrogens with two attached hydrogens (primary N) is 1. The SMILES string of the molecule is CCOc1cccnc1OC1CCCCC1CN.